The summed E-state index contributed by atoms with van der Waals surface area (Å²) in [6.45, 7) is 11.4. The molecule has 0 aromatic carbocycles. The zero-order chi connectivity index (χ0) is 19.1. The number of carbonyl (C=O) groups excluding carboxylic acids is 1. The van der Waals surface area contributed by atoms with Crippen molar-refractivity contribution in [3.05, 3.63) is 0 Å². The lowest BCUT2D eigenvalue weighted by Gasteiger charge is -2.08. The standard InChI is InChI=1S/C18H37NO7/c1-3-21-10-12-25-16-14-23-8-5-7-19-18(20)6-9-24-15-17-26-13-11-22-4-2/h3-17H2,1-2H3,(H,19,20). The van der Waals surface area contributed by atoms with Gasteiger partial charge in [0.15, 0.2) is 0 Å². The average molecular weight is 379 g/mol. The molecule has 26 heavy (non-hydrogen) atoms. The highest BCUT2D eigenvalue weighted by molar-refractivity contribution is 5.75. The fourth-order valence-electron chi connectivity index (χ4n) is 1.82. The lowest BCUT2D eigenvalue weighted by Crippen LogP contribution is -2.26. The summed E-state index contributed by atoms with van der Waals surface area (Å²) in [5.41, 5.74) is 0. The van der Waals surface area contributed by atoms with Gasteiger partial charge in [-0.2, -0.15) is 0 Å². The largest absolute Gasteiger partial charge is 0.379 e. The number of ether oxygens (including phenoxy) is 6. The van der Waals surface area contributed by atoms with E-state index in [1.165, 1.54) is 0 Å². The van der Waals surface area contributed by atoms with Gasteiger partial charge in [-0.25, -0.2) is 0 Å². The maximum Gasteiger partial charge on any atom is 0.222 e. The summed E-state index contributed by atoms with van der Waals surface area (Å²) in [4.78, 5) is 11.6. The Morgan fingerprint density at radius 2 is 1.04 bits per heavy atom. The monoisotopic (exact) mass is 379 g/mol. The van der Waals surface area contributed by atoms with Crippen LogP contribution in [0.2, 0.25) is 0 Å². The summed E-state index contributed by atoms with van der Waals surface area (Å²) in [7, 11) is 0. The van der Waals surface area contributed by atoms with Crippen molar-refractivity contribution in [1.82, 2.24) is 5.32 Å². The number of carbonyl (C=O) groups is 1. The van der Waals surface area contributed by atoms with Crippen LogP contribution in [0, 0.1) is 0 Å². The average Bonchev–Trinajstić information content (AvgIpc) is 2.64. The Balaban J connectivity index is 3.13. The number of hydrogen-bond acceptors (Lipinski definition) is 7. The van der Waals surface area contributed by atoms with Crippen molar-refractivity contribution in [3.8, 4) is 0 Å². The molecular weight excluding hydrogens is 342 g/mol. The topological polar surface area (TPSA) is 84.5 Å². The molecule has 0 atom stereocenters. The van der Waals surface area contributed by atoms with Gasteiger partial charge in [0.25, 0.3) is 0 Å². The van der Waals surface area contributed by atoms with Crippen molar-refractivity contribution in [2.75, 3.05) is 85.8 Å². The second-order valence-electron chi connectivity index (χ2n) is 5.30. The van der Waals surface area contributed by atoms with Crippen LogP contribution in [0.1, 0.15) is 26.7 Å². The molecule has 1 N–H and O–H groups in total. The van der Waals surface area contributed by atoms with E-state index in [1.54, 1.807) is 0 Å². The molecule has 156 valence electrons. The molecule has 0 aromatic heterocycles. The van der Waals surface area contributed by atoms with Crippen molar-refractivity contribution < 1.29 is 33.2 Å². The highest BCUT2D eigenvalue weighted by atomic mass is 16.5. The Kier molecular flexibility index (Phi) is 21.6. The van der Waals surface area contributed by atoms with Gasteiger partial charge in [0.05, 0.1) is 59.5 Å². The fourth-order valence-corrected chi connectivity index (χ4v) is 1.82. The summed E-state index contributed by atoms with van der Waals surface area (Å²) in [5.74, 6) is -0.0125. The van der Waals surface area contributed by atoms with Crippen molar-refractivity contribution >= 4 is 5.91 Å². The van der Waals surface area contributed by atoms with E-state index < -0.39 is 0 Å². The molecular formula is C18H37NO7. The lowest BCUT2D eigenvalue weighted by atomic mass is 10.4. The first-order valence-corrected chi connectivity index (χ1v) is 9.54. The maximum atomic E-state index is 11.6. The van der Waals surface area contributed by atoms with Gasteiger partial charge in [0.1, 0.15) is 0 Å². The first-order chi connectivity index (χ1) is 12.8. The predicted molar refractivity (Wildman–Crippen MR) is 98.5 cm³/mol. The van der Waals surface area contributed by atoms with Crippen molar-refractivity contribution in [2.45, 2.75) is 26.7 Å². The fraction of sp³-hybridized carbons (Fsp3) is 0.944. The molecule has 0 aliphatic heterocycles. The van der Waals surface area contributed by atoms with Crippen molar-refractivity contribution in [3.63, 3.8) is 0 Å². The highest BCUT2D eigenvalue weighted by Gasteiger charge is 2.00. The van der Waals surface area contributed by atoms with Crippen molar-refractivity contribution in [2.24, 2.45) is 0 Å². The molecule has 0 aromatic rings. The molecule has 0 spiro atoms. The Morgan fingerprint density at radius 3 is 1.54 bits per heavy atom. The Morgan fingerprint density at radius 1 is 0.615 bits per heavy atom. The van der Waals surface area contributed by atoms with Gasteiger partial charge in [0.2, 0.25) is 5.91 Å². The van der Waals surface area contributed by atoms with Gasteiger partial charge in [-0.1, -0.05) is 0 Å². The molecule has 8 heteroatoms. The van der Waals surface area contributed by atoms with Crippen LogP contribution in [-0.4, -0.2) is 91.7 Å². The van der Waals surface area contributed by atoms with E-state index in [0.29, 0.717) is 92.2 Å². The molecule has 0 radical (unpaired) electrons. The SMILES string of the molecule is CCOCCOCCOCCCNC(=O)CCOCCOCCOCC. The highest BCUT2D eigenvalue weighted by Crippen LogP contribution is 1.87. The van der Waals surface area contributed by atoms with Gasteiger partial charge in [0, 0.05) is 32.8 Å². The summed E-state index contributed by atoms with van der Waals surface area (Å²) in [6.07, 6.45) is 1.13. The van der Waals surface area contributed by atoms with Crippen LogP contribution in [0.15, 0.2) is 0 Å². The molecule has 0 fully saturated rings. The maximum absolute atomic E-state index is 11.6. The van der Waals surface area contributed by atoms with E-state index in [0.717, 1.165) is 6.42 Å². The first kappa shape index (κ1) is 25.2. The van der Waals surface area contributed by atoms with Gasteiger partial charge in [-0.15, -0.1) is 0 Å². The molecule has 8 nitrogen and oxygen atoms in total. The second kappa shape index (κ2) is 22.3. The zero-order valence-electron chi connectivity index (χ0n) is 16.5. The van der Waals surface area contributed by atoms with E-state index in [-0.39, 0.29) is 5.91 Å². The van der Waals surface area contributed by atoms with Crippen LogP contribution in [0.5, 0.6) is 0 Å². The van der Waals surface area contributed by atoms with E-state index in [1.807, 2.05) is 13.8 Å². The zero-order valence-corrected chi connectivity index (χ0v) is 16.5. The normalized spacial score (nSPS) is 11.0. The van der Waals surface area contributed by atoms with Gasteiger partial charge in [-0.3, -0.25) is 4.79 Å². The molecule has 0 bridgehead atoms. The first-order valence-electron chi connectivity index (χ1n) is 9.54. The van der Waals surface area contributed by atoms with Crippen LogP contribution in [0.25, 0.3) is 0 Å². The van der Waals surface area contributed by atoms with Gasteiger partial charge >= 0.3 is 0 Å². The second-order valence-corrected chi connectivity index (χ2v) is 5.30. The quantitative estimate of drug-likeness (QED) is 0.298. The minimum Gasteiger partial charge on any atom is -0.379 e. The minimum absolute atomic E-state index is 0.0125. The lowest BCUT2D eigenvalue weighted by molar-refractivity contribution is -0.122. The summed E-state index contributed by atoms with van der Waals surface area (Å²) in [6, 6.07) is 0. The van der Waals surface area contributed by atoms with E-state index in [4.69, 9.17) is 28.4 Å². The summed E-state index contributed by atoms with van der Waals surface area (Å²) < 4.78 is 31.7. The van der Waals surface area contributed by atoms with Crippen LogP contribution in [-0.2, 0) is 33.2 Å². The third-order valence-electron chi connectivity index (χ3n) is 3.16. The molecule has 0 aliphatic rings. The Bertz CT molecular complexity index is 293. The Labute approximate surface area is 157 Å². The smallest absolute Gasteiger partial charge is 0.222 e. The van der Waals surface area contributed by atoms with Crippen LogP contribution >= 0.6 is 0 Å². The van der Waals surface area contributed by atoms with Crippen molar-refractivity contribution in [1.29, 1.82) is 0 Å². The van der Waals surface area contributed by atoms with Crippen LogP contribution in [0.3, 0.4) is 0 Å². The summed E-state index contributed by atoms with van der Waals surface area (Å²) in [5, 5.41) is 2.84. The molecule has 1 amide bonds. The number of amides is 1. The van der Waals surface area contributed by atoms with E-state index in [2.05, 4.69) is 5.32 Å². The molecule has 0 aliphatic carbocycles. The molecule has 0 saturated heterocycles. The van der Waals surface area contributed by atoms with Crippen LogP contribution < -0.4 is 5.32 Å². The van der Waals surface area contributed by atoms with E-state index in [9.17, 15) is 4.79 Å². The number of rotatable bonds is 21. The third kappa shape index (κ3) is 21.3. The van der Waals surface area contributed by atoms with Gasteiger partial charge < -0.3 is 33.7 Å². The van der Waals surface area contributed by atoms with Crippen LogP contribution in [0.4, 0.5) is 0 Å². The number of nitrogens with one attached hydrogen (secondary N) is 1. The summed E-state index contributed by atoms with van der Waals surface area (Å²) >= 11 is 0. The predicted octanol–water partition coefficient (Wildman–Crippen LogP) is 1.02. The molecule has 0 saturated carbocycles. The van der Waals surface area contributed by atoms with E-state index >= 15 is 0 Å². The minimum atomic E-state index is -0.0125. The molecule has 0 heterocycles. The van der Waals surface area contributed by atoms with Gasteiger partial charge in [-0.05, 0) is 20.3 Å². The molecule has 0 unspecified atom stereocenters. The number of hydrogen-bond donors (Lipinski definition) is 1. The third-order valence-corrected chi connectivity index (χ3v) is 3.16. The molecule has 0 rings (SSSR count). The Hall–Kier alpha value is -0.770.